The van der Waals surface area contributed by atoms with Gasteiger partial charge in [-0.25, -0.2) is 4.79 Å². The fourth-order valence-electron chi connectivity index (χ4n) is 0.286. The van der Waals surface area contributed by atoms with Crippen molar-refractivity contribution >= 4 is 5.97 Å². The first-order valence-electron chi connectivity index (χ1n) is 2.49. The molecule has 2 N–H and O–H groups in total. The lowest BCUT2D eigenvalue weighted by Crippen LogP contribution is -1.97. The van der Waals surface area contributed by atoms with Crippen molar-refractivity contribution in [1.82, 2.24) is 0 Å². The number of carbonyl (C=O) groups excluding carboxylic acids is 1. The Kier molecular flexibility index (Phi) is 4.44. The molecule has 0 amide bonds. The Hall–Kier alpha value is -1.09. The van der Waals surface area contributed by atoms with E-state index < -0.39 is 5.97 Å². The highest BCUT2D eigenvalue weighted by Crippen LogP contribution is 1.79. The van der Waals surface area contributed by atoms with E-state index in [1.165, 1.54) is 12.2 Å². The average molecular weight is 127 g/mol. The zero-order valence-electron chi connectivity index (χ0n) is 5.04. The quantitative estimate of drug-likeness (QED) is 0.334. The second-order valence-electron chi connectivity index (χ2n) is 1.24. The van der Waals surface area contributed by atoms with Crippen molar-refractivity contribution in [1.29, 1.82) is 0 Å². The first-order valence-corrected chi connectivity index (χ1v) is 2.49. The molecule has 3 heteroatoms. The summed E-state index contributed by atoms with van der Waals surface area (Å²) >= 11 is 0. The Labute approximate surface area is 53.8 Å². The van der Waals surface area contributed by atoms with Crippen LogP contribution in [0.1, 0.15) is 0 Å². The Morgan fingerprint density at radius 2 is 2.44 bits per heavy atom. The molecule has 0 aliphatic rings. The SMILES string of the molecule is C=COC(=O)C=CCN. The molecule has 0 rings (SSSR count). The van der Waals surface area contributed by atoms with E-state index in [4.69, 9.17) is 5.73 Å². The number of carbonyl (C=O) groups is 1. The lowest BCUT2D eigenvalue weighted by molar-refractivity contribution is -0.132. The minimum Gasteiger partial charge on any atom is -0.432 e. The molecule has 0 aromatic heterocycles. The van der Waals surface area contributed by atoms with Gasteiger partial charge in [-0.05, 0) is 0 Å². The smallest absolute Gasteiger partial charge is 0.335 e. The number of esters is 1. The number of hydrogen-bond acceptors (Lipinski definition) is 3. The summed E-state index contributed by atoms with van der Waals surface area (Å²) in [6.45, 7) is 3.54. The van der Waals surface area contributed by atoms with E-state index in [2.05, 4.69) is 11.3 Å². The van der Waals surface area contributed by atoms with Crippen molar-refractivity contribution < 1.29 is 9.53 Å². The van der Waals surface area contributed by atoms with E-state index in [0.29, 0.717) is 6.54 Å². The van der Waals surface area contributed by atoms with E-state index in [1.54, 1.807) is 0 Å². The highest BCUT2D eigenvalue weighted by molar-refractivity contribution is 5.82. The molecule has 9 heavy (non-hydrogen) atoms. The van der Waals surface area contributed by atoms with Gasteiger partial charge in [0.25, 0.3) is 0 Å². The number of hydrogen-bond donors (Lipinski definition) is 1. The van der Waals surface area contributed by atoms with E-state index in [9.17, 15) is 4.79 Å². The van der Waals surface area contributed by atoms with Gasteiger partial charge in [-0.1, -0.05) is 12.7 Å². The summed E-state index contributed by atoms with van der Waals surface area (Å²) < 4.78 is 4.33. The number of ether oxygens (including phenoxy) is 1. The van der Waals surface area contributed by atoms with Crippen LogP contribution in [0.25, 0.3) is 0 Å². The molecule has 0 radical (unpaired) electrons. The molecule has 0 aliphatic carbocycles. The largest absolute Gasteiger partial charge is 0.432 e. The van der Waals surface area contributed by atoms with Crippen LogP contribution < -0.4 is 5.73 Å². The fourth-order valence-corrected chi connectivity index (χ4v) is 0.286. The molecule has 0 aliphatic heterocycles. The van der Waals surface area contributed by atoms with Gasteiger partial charge in [0, 0.05) is 12.6 Å². The second kappa shape index (κ2) is 5.05. The maximum atomic E-state index is 10.4. The highest BCUT2D eigenvalue weighted by atomic mass is 16.5. The predicted molar refractivity (Wildman–Crippen MR) is 34.5 cm³/mol. The van der Waals surface area contributed by atoms with E-state index in [0.717, 1.165) is 6.26 Å². The molecule has 50 valence electrons. The van der Waals surface area contributed by atoms with Crippen LogP contribution in [0.5, 0.6) is 0 Å². The zero-order chi connectivity index (χ0) is 7.11. The van der Waals surface area contributed by atoms with Gasteiger partial charge in [0.1, 0.15) is 0 Å². The lowest BCUT2D eigenvalue weighted by Gasteiger charge is -1.87. The Morgan fingerprint density at radius 1 is 1.78 bits per heavy atom. The minimum absolute atomic E-state index is 0.340. The highest BCUT2D eigenvalue weighted by Gasteiger charge is 1.88. The first-order chi connectivity index (χ1) is 4.31. The van der Waals surface area contributed by atoms with Gasteiger partial charge in [0.2, 0.25) is 0 Å². The summed E-state index contributed by atoms with van der Waals surface area (Å²) in [5, 5.41) is 0. The molecule has 0 bridgehead atoms. The summed E-state index contributed by atoms with van der Waals surface area (Å²) in [4.78, 5) is 10.4. The average Bonchev–Trinajstić information content (AvgIpc) is 1.85. The van der Waals surface area contributed by atoms with Gasteiger partial charge >= 0.3 is 5.97 Å². The third kappa shape index (κ3) is 4.77. The summed E-state index contributed by atoms with van der Waals surface area (Å²) in [6.07, 6.45) is 3.83. The predicted octanol–water partition coefficient (Wildman–Crippen LogP) is 0.188. The summed E-state index contributed by atoms with van der Waals surface area (Å²) in [5.74, 6) is -0.449. The summed E-state index contributed by atoms with van der Waals surface area (Å²) in [7, 11) is 0. The summed E-state index contributed by atoms with van der Waals surface area (Å²) in [5.41, 5.74) is 5.05. The molecule has 3 nitrogen and oxygen atoms in total. The van der Waals surface area contributed by atoms with Gasteiger partial charge in [0.15, 0.2) is 0 Å². The molecular formula is C6H9NO2. The monoisotopic (exact) mass is 127 g/mol. The molecule has 0 aromatic carbocycles. The molecule has 0 aromatic rings. The zero-order valence-corrected chi connectivity index (χ0v) is 5.04. The summed E-state index contributed by atoms with van der Waals surface area (Å²) in [6, 6.07) is 0. The van der Waals surface area contributed by atoms with Crippen molar-refractivity contribution in [2.45, 2.75) is 0 Å². The normalized spacial score (nSPS) is 9.44. The van der Waals surface area contributed by atoms with Crippen LogP contribution in [0, 0.1) is 0 Å². The van der Waals surface area contributed by atoms with Gasteiger partial charge in [-0.2, -0.15) is 0 Å². The molecule has 0 unspecified atom stereocenters. The molecule has 0 heterocycles. The van der Waals surface area contributed by atoms with Crippen LogP contribution >= 0.6 is 0 Å². The standard InChI is InChI=1S/C6H9NO2/c1-2-9-6(8)4-3-5-7/h2-4H,1,5,7H2. The maximum absolute atomic E-state index is 10.4. The number of nitrogens with two attached hydrogens (primary N) is 1. The fraction of sp³-hybridized carbons (Fsp3) is 0.167. The van der Waals surface area contributed by atoms with Crippen LogP contribution in [0.4, 0.5) is 0 Å². The lowest BCUT2D eigenvalue weighted by atomic mass is 10.5. The third-order valence-electron chi connectivity index (χ3n) is 0.590. The topological polar surface area (TPSA) is 52.3 Å². The first kappa shape index (κ1) is 7.91. The van der Waals surface area contributed by atoms with Crippen LogP contribution in [0.15, 0.2) is 25.0 Å². The molecule has 0 fully saturated rings. The van der Waals surface area contributed by atoms with Crippen molar-refractivity contribution in [3.8, 4) is 0 Å². The van der Waals surface area contributed by atoms with Crippen molar-refractivity contribution in [2.24, 2.45) is 5.73 Å². The van der Waals surface area contributed by atoms with Gasteiger partial charge < -0.3 is 10.5 Å². The van der Waals surface area contributed by atoms with Crippen molar-refractivity contribution in [3.63, 3.8) is 0 Å². The number of rotatable bonds is 3. The second-order valence-corrected chi connectivity index (χ2v) is 1.24. The molecule has 0 saturated carbocycles. The van der Waals surface area contributed by atoms with Crippen LogP contribution in [0.3, 0.4) is 0 Å². The van der Waals surface area contributed by atoms with Gasteiger partial charge in [-0.15, -0.1) is 0 Å². The Balaban J connectivity index is 3.49. The van der Waals surface area contributed by atoms with E-state index in [-0.39, 0.29) is 0 Å². The van der Waals surface area contributed by atoms with E-state index >= 15 is 0 Å². The molecule has 0 spiro atoms. The van der Waals surface area contributed by atoms with Crippen LogP contribution in [0.2, 0.25) is 0 Å². The minimum atomic E-state index is -0.449. The van der Waals surface area contributed by atoms with Gasteiger partial charge in [0.05, 0.1) is 6.26 Å². The molecular weight excluding hydrogens is 118 g/mol. The Morgan fingerprint density at radius 3 is 2.89 bits per heavy atom. The van der Waals surface area contributed by atoms with Gasteiger partial charge in [-0.3, -0.25) is 0 Å². The van der Waals surface area contributed by atoms with Crippen molar-refractivity contribution in [3.05, 3.63) is 25.0 Å². The van der Waals surface area contributed by atoms with Crippen LogP contribution in [-0.2, 0) is 9.53 Å². The molecule has 0 atom stereocenters. The van der Waals surface area contributed by atoms with Crippen molar-refractivity contribution in [2.75, 3.05) is 6.54 Å². The maximum Gasteiger partial charge on any atom is 0.335 e. The third-order valence-corrected chi connectivity index (χ3v) is 0.590. The van der Waals surface area contributed by atoms with E-state index in [1.807, 2.05) is 0 Å². The Bertz CT molecular complexity index is 129. The van der Waals surface area contributed by atoms with Crippen LogP contribution in [-0.4, -0.2) is 12.5 Å². The molecule has 0 saturated heterocycles.